The highest BCUT2D eigenvalue weighted by Crippen LogP contribution is 2.30. The van der Waals surface area contributed by atoms with Crippen molar-refractivity contribution in [3.63, 3.8) is 0 Å². The van der Waals surface area contributed by atoms with Gasteiger partial charge in [-0.05, 0) is 50.6 Å². The zero-order chi connectivity index (χ0) is 10.9. The Bertz CT molecular complexity index is 149. The number of aliphatic hydroxyl groups excluding tert-OH is 1. The first-order valence-corrected chi connectivity index (χ1v) is 6.64. The standard InChI is InChI=1S/C13H27NO/c1-12-5-4-6-13(11-12)7-9-14-8-2-3-10-15/h12-15H,2-11H2,1H3. The summed E-state index contributed by atoms with van der Waals surface area (Å²) in [5, 5.41) is 12.1. The summed E-state index contributed by atoms with van der Waals surface area (Å²) in [6.07, 6.45) is 9.17. The molecule has 1 aliphatic carbocycles. The molecule has 1 aliphatic rings. The number of aliphatic hydroxyl groups is 1. The highest BCUT2D eigenvalue weighted by Gasteiger charge is 2.17. The summed E-state index contributed by atoms with van der Waals surface area (Å²) in [7, 11) is 0. The molecule has 0 amide bonds. The van der Waals surface area contributed by atoms with Crippen LogP contribution in [0, 0.1) is 11.8 Å². The van der Waals surface area contributed by atoms with Crippen LogP contribution in [0.15, 0.2) is 0 Å². The second-order valence-electron chi connectivity index (χ2n) is 5.11. The second kappa shape index (κ2) is 8.12. The molecular weight excluding hydrogens is 186 g/mol. The Balaban J connectivity index is 1.90. The van der Waals surface area contributed by atoms with Gasteiger partial charge in [0.2, 0.25) is 0 Å². The molecule has 0 aliphatic heterocycles. The van der Waals surface area contributed by atoms with Crippen LogP contribution in [0.3, 0.4) is 0 Å². The van der Waals surface area contributed by atoms with Gasteiger partial charge < -0.3 is 10.4 Å². The lowest BCUT2D eigenvalue weighted by molar-refractivity contribution is 0.265. The molecular formula is C13H27NO. The monoisotopic (exact) mass is 213 g/mol. The molecule has 1 saturated carbocycles. The van der Waals surface area contributed by atoms with Gasteiger partial charge in [-0.25, -0.2) is 0 Å². The van der Waals surface area contributed by atoms with Crippen LogP contribution in [-0.4, -0.2) is 24.8 Å². The molecule has 2 heteroatoms. The van der Waals surface area contributed by atoms with Crippen LogP contribution in [0.5, 0.6) is 0 Å². The molecule has 2 nitrogen and oxygen atoms in total. The van der Waals surface area contributed by atoms with E-state index in [1.165, 1.54) is 38.6 Å². The van der Waals surface area contributed by atoms with Gasteiger partial charge in [0.05, 0.1) is 0 Å². The smallest absolute Gasteiger partial charge is 0.0431 e. The lowest BCUT2D eigenvalue weighted by Gasteiger charge is -2.26. The Morgan fingerprint density at radius 1 is 1.20 bits per heavy atom. The average Bonchev–Trinajstić information content (AvgIpc) is 2.23. The van der Waals surface area contributed by atoms with Crippen molar-refractivity contribution in [2.75, 3.05) is 19.7 Å². The summed E-state index contributed by atoms with van der Waals surface area (Å²) in [5.74, 6) is 1.93. The van der Waals surface area contributed by atoms with E-state index in [-0.39, 0.29) is 0 Å². The Labute approximate surface area is 94.5 Å². The Hall–Kier alpha value is -0.0800. The highest BCUT2D eigenvalue weighted by molar-refractivity contribution is 4.71. The fraction of sp³-hybridized carbons (Fsp3) is 1.00. The average molecular weight is 213 g/mol. The maximum atomic E-state index is 8.63. The van der Waals surface area contributed by atoms with Crippen molar-refractivity contribution in [1.29, 1.82) is 0 Å². The first-order valence-electron chi connectivity index (χ1n) is 6.64. The zero-order valence-electron chi connectivity index (χ0n) is 10.2. The molecule has 1 rings (SSSR count). The highest BCUT2D eigenvalue weighted by atomic mass is 16.2. The van der Waals surface area contributed by atoms with Gasteiger partial charge in [-0.2, -0.15) is 0 Å². The third-order valence-corrected chi connectivity index (χ3v) is 3.54. The van der Waals surface area contributed by atoms with Crippen LogP contribution in [-0.2, 0) is 0 Å². The van der Waals surface area contributed by atoms with Gasteiger partial charge in [0, 0.05) is 6.61 Å². The van der Waals surface area contributed by atoms with Crippen LogP contribution < -0.4 is 5.32 Å². The van der Waals surface area contributed by atoms with Gasteiger partial charge in [-0.1, -0.05) is 26.2 Å². The van der Waals surface area contributed by atoms with Crippen LogP contribution in [0.1, 0.15) is 51.9 Å². The largest absolute Gasteiger partial charge is 0.396 e. The molecule has 0 aromatic heterocycles. The zero-order valence-corrected chi connectivity index (χ0v) is 10.2. The first kappa shape index (κ1) is 13.0. The van der Waals surface area contributed by atoms with Crippen molar-refractivity contribution in [3.05, 3.63) is 0 Å². The van der Waals surface area contributed by atoms with E-state index in [2.05, 4.69) is 12.2 Å². The van der Waals surface area contributed by atoms with E-state index in [4.69, 9.17) is 5.11 Å². The Kier molecular flexibility index (Phi) is 7.03. The van der Waals surface area contributed by atoms with E-state index in [0.29, 0.717) is 6.61 Å². The number of hydrogen-bond acceptors (Lipinski definition) is 2. The number of unbranched alkanes of at least 4 members (excludes halogenated alkanes) is 1. The van der Waals surface area contributed by atoms with Crippen molar-refractivity contribution >= 4 is 0 Å². The van der Waals surface area contributed by atoms with E-state index in [0.717, 1.165) is 31.2 Å². The number of rotatable bonds is 7. The van der Waals surface area contributed by atoms with E-state index in [9.17, 15) is 0 Å². The van der Waals surface area contributed by atoms with Crippen molar-refractivity contribution in [2.24, 2.45) is 11.8 Å². The molecule has 15 heavy (non-hydrogen) atoms. The quantitative estimate of drug-likeness (QED) is 0.637. The Morgan fingerprint density at radius 2 is 2.07 bits per heavy atom. The lowest BCUT2D eigenvalue weighted by atomic mass is 9.81. The minimum Gasteiger partial charge on any atom is -0.396 e. The molecule has 2 atom stereocenters. The van der Waals surface area contributed by atoms with Gasteiger partial charge in [-0.3, -0.25) is 0 Å². The van der Waals surface area contributed by atoms with Gasteiger partial charge in [-0.15, -0.1) is 0 Å². The van der Waals surface area contributed by atoms with Gasteiger partial charge >= 0.3 is 0 Å². The van der Waals surface area contributed by atoms with Gasteiger partial charge in [0.15, 0.2) is 0 Å². The minimum atomic E-state index is 0.335. The third-order valence-electron chi connectivity index (χ3n) is 3.54. The van der Waals surface area contributed by atoms with Gasteiger partial charge in [0.1, 0.15) is 0 Å². The first-order chi connectivity index (χ1) is 7.33. The summed E-state index contributed by atoms with van der Waals surface area (Å²) in [4.78, 5) is 0. The maximum Gasteiger partial charge on any atom is 0.0431 e. The molecule has 2 unspecified atom stereocenters. The lowest BCUT2D eigenvalue weighted by Crippen LogP contribution is -2.22. The molecule has 1 fully saturated rings. The number of hydrogen-bond donors (Lipinski definition) is 2. The summed E-state index contributed by atoms with van der Waals surface area (Å²) in [5.41, 5.74) is 0. The molecule has 0 spiro atoms. The van der Waals surface area contributed by atoms with E-state index >= 15 is 0 Å². The van der Waals surface area contributed by atoms with Crippen LogP contribution in [0.2, 0.25) is 0 Å². The molecule has 2 N–H and O–H groups in total. The molecule has 0 saturated heterocycles. The topological polar surface area (TPSA) is 32.3 Å². The second-order valence-corrected chi connectivity index (χ2v) is 5.11. The predicted molar refractivity (Wildman–Crippen MR) is 64.9 cm³/mol. The fourth-order valence-electron chi connectivity index (χ4n) is 2.61. The van der Waals surface area contributed by atoms with Crippen molar-refractivity contribution < 1.29 is 5.11 Å². The van der Waals surface area contributed by atoms with Crippen molar-refractivity contribution in [3.8, 4) is 0 Å². The number of nitrogens with one attached hydrogen (secondary N) is 1. The van der Waals surface area contributed by atoms with Gasteiger partial charge in [0.25, 0.3) is 0 Å². The summed E-state index contributed by atoms with van der Waals surface area (Å²) < 4.78 is 0. The maximum absolute atomic E-state index is 8.63. The molecule has 0 radical (unpaired) electrons. The molecule has 90 valence electrons. The van der Waals surface area contributed by atoms with E-state index < -0.39 is 0 Å². The van der Waals surface area contributed by atoms with Crippen LogP contribution in [0.25, 0.3) is 0 Å². The SMILES string of the molecule is CC1CCCC(CCNCCCCO)C1. The third kappa shape index (κ3) is 6.16. The van der Waals surface area contributed by atoms with Crippen LogP contribution >= 0.6 is 0 Å². The van der Waals surface area contributed by atoms with E-state index in [1.807, 2.05) is 0 Å². The molecule has 0 aromatic rings. The van der Waals surface area contributed by atoms with Crippen molar-refractivity contribution in [2.45, 2.75) is 51.9 Å². The summed E-state index contributed by atoms with van der Waals surface area (Å²) >= 11 is 0. The summed E-state index contributed by atoms with van der Waals surface area (Å²) in [6, 6.07) is 0. The van der Waals surface area contributed by atoms with E-state index in [1.54, 1.807) is 0 Å². The summed E-state index contributed by atoms with van der Waals surface area (Å²) in [6.45, 7) is 4.97. The molecule has 0 heterocycles. The fourth-order valence-corrected chi connectivity index (χ4v) is 2.61. The minimum absolute atomic E-state index is 0.335. The predicted octanol–water partition coefficient (Wildman–Crippen LogP) is 2.56. The van der Waals surface area contributed by atoms with Crippen molar-refractivity contribution in [1.82, 2.24) is 5.32 Å². The van der Waals surface area contributed by atoms with Crippen LogP contribution in [0.4, 0.5) is 0 Å². The Morgan fingerprint density at radius 3 is 2.80 bits per heavy atom. The molecule has 0 bridgehead atoms. The molecule has 0 aromatic carbocycles. The normalized spacial score (nSPS) is 26.8.